The number of allylic oxidation sites excluding steroid dienone is 2. The van der Waals surface area contributed by atoms with E-state index < -0.39 is 10.0 Å². The average Bonchev–Trinajstić information content (AvgIpc) is 3.26. The van der Waals surface area contributed by atoms with Gasteiger partial charge in [0.1, 0.15) is 0 Å². The van der Waals surface area contributed by atoms with Gasteiger partial charge in [-0.05, 0) is 78.4 Å². The highest BCUT2D eigenvalue weighted by atomic mass is 79.9. The summed E-state index contributed by atoms with van der Waals surface area (Å²) in [5, 5.41) is 4.15. The molecule has 1 aliphatic carbocycles. The molecule has 32 heavy (non-hydrogen) atoms. The van der Waals surface area contributed by atoms with Crippen LogP contribution < -0.4 is 10.0 Å². The highest BCUT2D eigenvalue weighted by Crippen LogP contribution is 2.50. The number of sulfonamides is 1. The Morgan fingerprint density at radius 2 is 1.84 bits per heavy atom. The van der Waals surface area contributed by atoms with Gasteiger partial charge in [0.05, 0.1) is 16.6 Å². The number of aryl methyl sites for hydroxylation is 1. The zero-order chi connectivity index (χ0) is 22.5. The molecule has 164 valence electrons. The van der Waals surface area contributed by atoms with Crippen molar-refractivity contribution < 1.29 is 8.42 Å². The standard InChI is InChI=1S/C25H22BrClN2O2S/c1-15-5-10-18(27)13-24(15)29-32(30,31)19-11-12-23-22(14-19)20-3-2-4-21(20)25(28-23)16-6-8-17(26)9-7-16/h2-3,5-14,20-21,25,28-29H,4H2,1H3/t20-,21+,25+/m0/s1. The summed E-state index contributed by atoms with van der Waals surface area (Å²) in [5.41, 5.74) is 4.52. The van der Waals surface area contributed by atoms with E-state index in [0.29, 0.717) is 16.6 Å². The monoisotopic (exact) mass is 528 g/mol. The Morgan fingerprint density at radius 3 is 2.62 bits per heavy atom. The Morgan fingerprint density at radius 1 is 1.06 bits per heavy atom. The Labute approximate surface area is 201 Å². The van der Waals surface area contributed by atoms with Crippen molar-refractivity contribution in [3.8, 4) is 0 Å². The molecule has 4 nitrogen and oxygen atoms in total. The maximum Gasteiger partial charge on any atom is 0.261 e. The average molecular weight is 530 g/mol. The summed E-state index contributed by atoms with van der Waals surface area (Å²) in [4.78, 5) is 0.249. The van der Waals surface area contributed by atoms with E-state index in [1.807, 2.05) is 13.0 Å². The predicted molar refractivity (Wildman–Crippen MR) is 134 cm³/mol. The summed E-state index contributed by atoms with van der Waals surface area (Å²) in [6, 6.07) is 19.1. The van der Waals surface area contributed by atoms with Crippen LogP contribution in [-0.4, -0.2) is 8.42 Å². The molecule has 1 aliphatic heterocycles. The quantitative estimate of drug-likeness (QED) is 0.356. The van der Waals surface area contributed by atoms with Crippen LogP contribution in [0.4, 0.5) is 11.4 Å². The molecule has 5 rings (SSSR count). The zero-order valence-corrected chi connectivity index (χ0v) is 20.5. The molecule has 0 spiro atoms. The van der Waals surface area contributed by atoms with Gasteiger partial charge in [-0.3, -0.25) is 4.72 Å². The van der Waals surface area contributed by atoms with Crippen molar-refractivity contribution in [3.63, 3.8) is 0 Å². The molecule has 2 N–H and O–H groups in total. The maximum atomic E-state index is 13.2. The van der Waals surface area contributed by atoms with Crippen molar-refractivity contribution in [3.05, 3.63) is 99.0 Å². The van der Waals surface area contributed by atoms with Crippen molar-refractivity contribution in [2.45, 2.75) is 30.2 Å². The normalized spacial score (nSPS) is 21.5. The van der Waals surface area contributed by atoms with Crippen molar-refractivity contribution in [2.75, 3.05) is 10.0 Å². The van der Waals surface area contributed by atoms with Gasteiger partial charge >= 0.3 is 0 Å². The van der Waals surface area contributed by atoms with Crippen LogP contribution in [0.15, 0.2) is 82.2 Å². The summed E-state index contributed by atoms with van der Waals surface area (Å²) < 4.78 is 30.1. The maximum absolute atomic E-state index is 13.2. The third-order valence-electron chi connectivity index (χ3n) is 6.32. The van der Waals surface area contributed by atoms with Crippen molar-refractivity contribution in [2.24, 2.45) is 5.92 Å². The van der Waals surface area contributed by atoms with Gasteiger partial charge in [-0.1, -0.05) is 57.9 Å². The highest BCUT2D eigenvalue weighted by Gasteiger charge is 2.38. The lowest BCUT2D eigenvalue weighted by Gasteiger charge is -2.37. The lowest BCUT2D eigenvalue weighted by atomic mass is 9.77. The first kappa shape index (κ1) is 21.6. The van der Waals surface area contributed by atoms with Gasteiger partial charge in [0.25, 0.3) is 10.0 Å². The van der Waals surface area contributed by atoms with Crippen molar-refractivity contribution >= 4 is 48.9 Å². The molecule has 7 heteroatoms. The third kappa shape index (κ3) is 3.96. The number of nitrogens with one attached hydrogen (secondary N) is 2. The minimum Gasteiger partial charge on any atom is -0.378 e. The molecule has 0 amide bonds. The molecule has 3 aromatic rings. The van der Waals surface area contributed by atoms with Gasteiger partial charge in [0.15, 0.2) is 0 Å². The number of rotatable bonds is 4. The third-order valence-corrected chi connectivity index (χ3v) is 8.44. The van der Waals surface area contributed by atoms with Crippen LogP contribution in [0, 0.1) is 12.8 Å². The molecule has 1 heterocycles. The SMILES string of the molecule is Cc1ccc(Cl)cc1NS(=O)(=O)c1ccc2c(c1)[C@H]1C=CC[C@H]1[C@@H](c1ccc(Br)cc1)N2. The predicted octanol–water partition coefficient (Wildman–Crippen LogP) is 7.04. The molecule has 0 aromatic heterocycles. The van der Waals surface area contributed by atoms with E-state index >= 15 is 0 Å². The fourth-order valence-corrected chi connectivity index (χ4v) is 6.24. The molecule has 0 saturated heterocycles. The molecular formula is C25H22BrClN2O2S. The molecule has 0 radical (unpaired) electrons. The molecule has 0 saturated carbocycles. The first-order valence-electron chi connectivity index (χ1n) is 10.4. The number of fused-ring (bicyclic) bond motifs is 3. The smallest absolute Gasteiger partial charge is 0.261 e. The fraction of sp³-hybridized carbons (Fsp3) is 0.200. The molecule has 3 atom stereocenters. The Hall–Kier alpha value is -2.28. The molecule has 0 unspecified atom stereocenters. The lowest BCUT2D eigenvalue weighted by molar-refractivity contribution is 0.425. The largest absolute Gasteiger partial charge is 0.378 e. The van der Waals surface area contributed by atoms with E-state index in [9.17, 15) is 8.42 Å². The second-order valence-corrected chi connectivity index (χ2v) is 11.4. The van der Waals surface area contributed by atoms with E-state index in [2.05, 4.69) is 62.4 Å². The van der Waals surface area contributed by atoms with E-state index in [-0.39, 0.29) is 16.9 Å². The minimum absolute atomic E-state index is 0.169. The topological polar surface area (TPSA) is 58.2 Å². The first-order valence-corrected chi connectivity index (χ1v) is 13.1. The van der Waals surface area contributed by atoms with Gasteiger partial charge in [-0.25, -0.2) is 8.42 Å². The van der Waals surface area contributed by atoms with Crippen molar-refractivity contribution in [1.29, 1.82) is 0 Å². The summed E-state index contributed by atoms with van der Waals surface area (Å²) >= 11 is 9.57. The summed E-state index contributed by atoms with van der Waals surface area (Å²) in [5.74, 6) is 0.507. The van der Waals surface area contributed by atoms with E-state index in [0.717, 1.165) is 27.7 Å². The van der Waals surface area contributed by atoms with E-state index in [1.54, 1.807) is 30.3 Å². The van der Waals surface area contributed by atoms with Gasteiger partial charge in [-0.2, -0.15) is 0 Å². The van der Waals surface area contributed by atoms with Crippen LogP contribution in [0.25, 0.3) is 0 Å². The van der Waals surface area contributed by atoms with E-state index in [1.165, 1.54) is 5.56 Å². The number of hydrogen-bond donors (Lipinski definition) is 2. The fourth-order valence-electron chi connectivity index (χ4n) is 4.65. The molecular weight excluding hydrogens is 508 g/mol. The Bertz CT molecular complexity index is 1320. The number of benzene rings is 3. The van der Waals surface area contributed by atoms with Crippen LogP contribution in [0.2, 0.25) is 5.02 Å². The summed E-state index contributed by atoms with van der Waals surface area (Å²) in [6.45, 7) is 1.85. The van der Waals surface area contributed by atoms with Gasteiger partial charge < -0.3 is 5.32 Å². The molecule has 0 bridgehead atoms. The van der Waals surface area contributed by atoms with Crippen LogP contribution in [0.1, 0.15) is 35.1 Å². The summed E-state index contributed by atoms with van der Waals surface area (Å²) in [7, 11) is -3.75. The highest BCUT2D eigenvalue weighted by molar-refractivity contribution is 9.10. The molecule has 0 fully saturated rings. The van der Waals surface area contributed by atoms with Crippen LogP contribution >= 0.6 is 27.5 Å². The minimum atomic E-state index is -3.75. The second kappa shape index (κ2) is 8.25. The van der Waals surface area contributed by atoms with Gasteiger partial charge in [0.2, 0.25) is 0 Å². The van der Waals surface area contributed by atoms with Crippen LogP contribution in [0.3, 0.4) is 0 Å². The van der Waals surface area contributed by atoms with Gasteiger partial charge in [0, 0.05) is 21.1 Å². The second-order valence-electron chi connectivity index (χ2n) is 8.34. The summed E-state index contributed by atoms with van der Waals surface area (Å²) in [6.07, 6.45) is 5.36. The van der Waals surface area contributed by atoms with Crippen molar-refractivity contribution in [1.82, 2.24) is 0 Å². The van der Waals surface area contributed by atoms with Crippen LogP contribution in [-0.2, 0) is 10.0 Å². The van der Waals surface area contributed by atoms with Crippen LogP contribution in [0.5, 0.6) is 0 Å². The van der Waals surface area contributed by atoms with E-state index in [4.69, 9.17) is 11.6 Å². The zero-order valence-electron chi connectivity index (χ0n) is 17.3. The lowest BCUT2D eigenvalue weighted by Crippen LogP contribution is -2.29. The number of anilines is 2. The number of halogens is 2. The van der Waals surface area contributed by atoms with Gasteiger partial charge in [-0.15, -0.1) is 0 Å². The molecule has 3 aromatic carbocycles. The molecule has 2 aliphatic rings. The Kier molecular flexibility index (Phi) is 5.56. The first-order chi connectivity index (χ1) is 15.3. The Balaban J connectivity index is 1.49. The number of hydrogen-bond acceptors (Lipinski definition) is 3.